The molecule has 2 aliphatic rings. The number of para-hydroxylation sites is 1. The fourth-order valence-corrected chi connectivity index (χ4v) is 4.85. The normalized spacial score (nSPS) is 26.0. The van der Waals surface area contributed by atoms with Crippen LogP contribution in [0, 0.1) is 0 Å². The van der Waals surface area contributed by atoms with E-state index in [1.165, 1.54) is 23.9 Å². The molecule has 1 aromatic carbocycles. The lowest BCUT2D eigenvalue weighted by atomic mass is 9.89. The number of anilines is 1. The number of benzene rings is 1. The maximum Gasteiger partial charge on any atom is 0.0864 e. The number of pyridine rings is 1. The van der Waals surface area contributed by atoms with Gasteiger partial charge >= 0.3 is 0 Å². The molecule has 4 rings (SSSR count). The number of piperidine rings is 1. The summed E-state index contributed by atoms with van der Waals surface area (Å²) >= 11 is 3.59. The molecule has 2 N–H and O–H groups in total. The second-order valence-corrected chi connectivity index (χ2v) is 8.22. The number of fused-ring (bicyclic) bond motifs is 1. The average molecular weight is 404 g/mol. The highest BCUT2D eigenvalue weighted by atomic mass is 79.9. The number of likely N-dealkylation sites (tertiary alicyclic amines) is 1. The van der Waals surface area contributed by atoms with Gasteiger partial charge in [-0.3, -0.25) is 9.88 Å². The van der Waals surface area contributed by atoms with Gasteiger partial charge in [-0.2, -0.15) is 0 Å². The number of nitrogens with one attached hydrogen (secondary N) is 1. The third kappa shape index (κ3) is 3.69. The Bertz CT molecular complexity index is 730. The number of aliphatic hydroxyl groups excluding tert-OH is 1. The fourth-order valence-electron chi connectivity index (χ4n) is 4.38. The minimum Gasteiger partial charge on any atom is -0.391 e. The van der Waals surface area contributed by atoms with Crippen LogP contribution in [0.2, 0.25) is 0 Å². The van der Waals surface area contributed by atoms with E-state index in [-0.39, 0.29) is 6.10 Å². The molecule has 0 spiro atoms. The molecule has 1 aliphatic heterocycles. The number of halogens is 1. The van der Waals surface area contributed by atoms with Crippen LogP contribution in [-0.2, 0) is 0 Å². The van der Waals surface area contributed by atoms with Crippen LogP contribution in [0.3, 0.4) is 0 Å². The van der Waals surface area contributed by atoms with Crippen molar-refractivity contribution < 1.29 is 5.11 Å². The first-order chi connectivity index (χ1) is 12.2. The summed E-state index contributed by atoms with van der Waals surface area (Å²) in [5, 5.41) is 15.2. The maximum absolute atomic E-state index is 10.3. The van der Waals surface area contributed by atoms with Crippen LogP contribution in [0.15, 0.2) is 34.9 Å². The van der Waals surface area contributed by atoms with Crippen molar-refractivity contribution >= 4 is 32.5 Å². The molecular weight excluding hydrogens is 378 g/mol. The van der Waals surface area contributed by atoms with E-state index in [9.17, 15) is 5.11 Å². The van der Waals surface area contributed by atoms with Gasteiger partial charge < -0.3 is 10.4 Å². The van der Waals surface area contributed by atoms with Crippen molar-refractivity contribution in [2.24, 2.45) is 0 Å². The Morgan fingerprint density at radius 1 is 1.08 bits per heavy atom. The Morgan fingerprint density at radius 3 is 2.68 bits per heavy atom. The molecular formula is C20H26BrN3O. The highest BCUT2D eigenvalue weighted by Gasteiger charge is 2.31. The quantitative estimate of drug-likeness (QED) is 0.806. The molecule has 134 valence electrons. The average Bonchev–Trinajstić information content (AvgIpc) is 2.64. The molecule has 4 nitrogen and oxygen atoms in total. The second-order valence-electron chi connectivity index (χ2n) is 7.37. The van der Waals surface area contributed by atoms with E-state index in [0.29, 0.717) is 12.1 Å². The van der Waals surface area contributed by atoms with Gasteiger partial charge in [0.15, 0.2) is 0 Å². The van der Waals surface area contributed by atoms with E-state index in [2.05, 4.69) is 49.3 Å². The zero-order chi connectivity index (χ0) is 17.2. The van der Waals surface area contributed by atoms with Crippen LogP contribution < -0.4 is 5.32 Å². The van der Waals surface area contributed by atoms with Gasteiger partial charge in [0, 0.05) is 46.9 Å². The largest absolute Gasteiger partial charge is 0.391 e. The van der Waals surface area contributed by atoms with E-state index < -0.39 is 0 Å². The third-order valence-corrected chi connectivity index (χ3v) is 6.41. The van der Waals surface area contributed by atoms with Crippen LogP contribution in [0.25, 0.3) is 10.9 Å². The lowest BCUT2D eigenvalue weighted by Gasteiger charge is -2.41. The molecule has 0 radical (unpaired) electrons. The number of aromatic nitrogens is 1. The Labute approximate surface area is 157 Å². The molecule has 0 bridgehead atoms. The molecule has 1 saturated heterocycles. The van der Waals surface area contributed by atoms with E-state index in [4.69, 9.17) is 0 Å². The summed E-state index contributed by atoms with van der Waals surface area (Å²) in [6.07, 6.45) is 8.58. The van der Waals surface area contributed by atoms with Gasteiger partial charge in [-0.15, -0.1) is 0 Å². The number of nitrogens with zero attached hydrogens (tertiary/aromatic N) is 2. The fraction of sp³-hybridized carbons (Fsp3) is 0.550. The van der Waals surface area contributed by atoms with Gasteiger partial charge in [-0.05, 0) is 53.7 Å². The molecule has 2 heterocycles. The van der Waals surface area contributed by atoms with Crippen LogP contribution in [0.5, 0.6) is 0 Å². The van der Waals surface area contributed by atoms with Crippen LogP contribution in [-0.4, -0.2) is 46.3 Å². The minimum absolute atomic E-state index is 0.125. The molecule has 2 aromatic rings. The summed E-state index contributed by atoms with van der Waals surface area (Å²) in [5.74, 6) is 0. The Balaban J connectivity index is 1.41. The number of rotatable bonds is 3. The first-order valence-electron chi connectivity index (χ1n) is 9.44. The lowest BCUT2D eigenvalue weighted by Crippen LogP contribution is -2.50. The van der Waals surface area contributed by atoms with E-state index in [1.807, 2.05) is 12.3 Å². The van der Waals surface area contributed by atoms with Crippen molar-refractivity contribution in [1.82, 2.24) is 9.88 Å². The SMILES string of the molecule is OC1CCCCC1N1CCC(Nc2ccnc3c(Br)cccc23)CC1. The first kappa shape index (κ1) is 17.3. The molecule has 25 heavy (non-hydrogen) atoms. The molecule has 2 fully saturated rings. The summed E-state index contributed by atoms with van der Waals surface area (Å²) in [7, 11) is 0. The zero-order valence-electron chi connectivity index (χ0n) is 14.5. The van der Waals surface area contributed by atoms with Crippen LogP contribution in [0.4, 0.5) is 5.69 Å². The minimum atomic E-state index is -0.125. The molecule has 2 atom stereocenters. The lowest BCUT2D eigenvalue weighted by molar-refractivity contribution is 0.00994. The third-order valence-electron chi connectivity index (χ3n) is 5.77. The number of hydrogen-bond donors (Lipinski definition) is 2. The van der Waals surface area contributed by atoms with Gasteiger partial charge in [-0.1, -0.05) is 25.0 Å². The predicted octanol–water partition coefficient (Wildman–Crippen LogP) is 4.18. The van der Waals surface area contributed by atoms with Crippen LogP contribution >= 0.6 is 15.9 Å². The number of aliphatic hydroxyl groups is 1. The van der Waals surface area contributed by atoms with Crippen molar-refractivity contribution in [1.29, 1.82) is 0 Å². The topological polar surface area (TPSA) is 48.4 Å². The molecule has 5 heteroatoms. The molecule has 1 saturated carbocycles. The van der Waals surface area contributed by atoms with Crippen molar-refractivity contribution in [3.05, 3.63) is 34.9 Å². The maximum atomic E-state index is 10.3. The van der Waals surface area contributed by atoms with E-state index >= 15 is 0 Å². The molecule has 1 aromatic heterocycles. The van der Waals surface area contributed by atoms with Gasteiger partial charge in [0.25, 0.3) is 0 Å². The van der Waals surface area contributed by atoms with Crippen molar-refractivity contribution in [3.8, 4) is 0 Å². The van der Waals surface area contributed by atoms with Crippen LogP contribution in [0.1, 0.15) is 38.5 Å². The highest BCUT2D eigenvalue weighted by molar-refractivity contribution is 9.10. The Kier molecular flexibility index (Phi) is 5.25. The van der Waals surface area contributed by atoms with Gasteiger partial charge in [0.05, 0.1) is 11.6 Å². The summed E-state index contributed by atoms with van der Waals surface area (Å²) in [4.78, 5) is 7.01. The van der Waals surface area contributed by atoms with Gasteiger partial charge in [0.2, 0.25) is 0 Å². The van der Waals surface area contributed by atoms with Gasteiger partial charge in [-0.25, -0.2) is 0 Å². The standard InChI is InChI=1S/C20H26BrN3O/c21-16-5-3-4-15-17(8-11-22-20(15)16)23-14-9-12-24(13-10-14)18-6-1-2-7-19(18)25/h3-5,8,11,14,18-19,25H,1-2,6-7,9-10,12-13H2,(H,22,23). The molecule has 2 unspecified atom stereocenters. The molecule has 0 amide bonds. The molecule has 1 aliphatic carbocycles. The Morgan fingerprint density at radius 2 is 1.88 bits per heavy atom. The summed E-state index contributed by atoms with van der Waals surface area (Å²) in [6.45, 7) is 2.15. The van der Waals surface area contributed by atoms with Crippen molar-refractivity contribution in [3.63, 3.8) is 0 Å². The van der Waals surface area contributed by atoms with E-state index in [0.717, 1.165) is 48.8 Å². The summed E-state index contributed by atoms with van der Waals surface area (Å²) in [5.41, 5.74) is 2.18. The summed E-state index contributed by atoms with van der Waals surface area (Å²) < 4.78 is 1.04. The monoisotopic (exact) mass is 403 g/mol. The van der Waals surface area contributed by atoms with Gasteiger partial charge in [0.1, 0.15) is 0 Å². The first-order valence-corrected chi connectivity index (χ1v) is 10.2. The Hall–Kier alpha value is -1.17. The van der Waals surface area contributed by atoms with Crippen molar-refractivity contribution in [2.45, 2.75) is 56.7 Å². The summed E-state index contributed by atoms with van der Waals surface area (Å²) in [6, 6.07) is 9.17. The smallest absolute Gasteiger partial charge is 0.0864 e. The highest BCUT2D eigenvalue weighted by Crippen LogP contribution is 2.30. The van der Waals surface area contributed by atoms with Crippen molar-refractivity contribution in [2.75, 3.05) is 18.4 Å². The predicted molar refractivity (Wildman–Crippen MR) is 106 cm³/mol. The second kappa shape index (κ2) is 7.60. The van der Waals surface area contributed by atoms with E-state index in [1.54, 1.807) is 0 Å². The zero-order valence-corrected chi connectivity index (χ0v) is 16.1. The number of hydrogen-bond acceptors (Lipinski definition) is 4.